The minimum atomic E-state index is 0. The monoisotopic (exact) mass is 385 g/mol. The van der Waals surface area contributed by atoms with Crippen molar-refractivity contribution in [1.29, 1.82) is 0 Å². The van der Waals surface area contributed by atoms with Crippen molar-refractivity contribution in [1.82, 2.24) is 0 Å². The van der Waals surface area contributed by atoms with Gasteiger partial charge in [-0.2, -0.15) is 0 Å². The summed E-state index contributed by atoms with van der Waals surface area (Å²) in [6.45, 7) is 8.46. The van der Waals surface area contributed by atoms with E-state index in [-0.39, 0.29) is 7.43 Å². The van der Waals surface area contributed by atoms with Crippen molar-refractivity contribution in [2.24, 2.45) is 0 Å². The highest BCUT2D eigenvalue weighted by Gasteiger charge is 2.14. The maximum absolute atomic E-state index is 5.81. The third-order valence-corrected chi connectivity index (χ3v) is 5.01. The van der Waals surface area contributed by atoms with Crippen molar-refractivity contribution in [2.75, 3.05) is 62.4 Å². The van der Waals surface area contributed by atoms with Crippen LogP contribution in [0, 0.1) is 21.3 Å². The average molecular weight is 386 g/mol. The summed E-state index contributed by atoms with van der Waals surface area (Å²) in [6.07, 6.45) is 2.28. The molecule has 0 heterocycles. The Bertz CT molecular complexity index is 678. The molecule has 0 radical (unpaired) electrons. The number of quaternary nitrogens is 1. The molecule has 5 heteroatoms. The molecule has 0 saturated carbocycles. The van der Waals surface area contributed by atoms with Gasteiger partial charge in [0, 0.05) is 48.7 Å². The number of anilines is 4. The largest absolute Gasteiger partial charge is 0.399 e. The molecular formula is C23H39N5. The number of hydrogen-bond acceptors (Lipinski definition) is 4. The molecule has 156 valence electrons. The Hall–Kier alpha value is -2.40. The number of nitrogens with two attached hydrogens (primary N) is 2. The summed E-state index contributed by atoms with van der Waals surface area (Å²) in [5, 5.41) is 7.05. The number of nitrogen functional groups attached to an aromatic ring is 2. The average Bonchev–Trinajstić information content (AvgIpc) is 2.58. The van der Waals surface area contributed by atoms with Crippen LogP contribution in [0.25, 0.3) is 0 Å². The Morgan fingerprint density at radius 2 is 1.14 bits per heavy atom. The molecule has 0 aliphatic rings. The minimum Gasteiger partial charge on any atom is -0.399 e. The van der Waals surface area contributed by atoms with Crippen LogP contribution in [-0.4, -0.2) is 44.8 Å². The Balaban J connectivity index is 0.00000392. The number of benzene rings is 2. The first-order chi connectivity index (χ1) is 12.8. The van der Waals surface area contributed by atoms with E-state index in [9.17, 15) is 0 Å². The molecule has 0 aromatic heterocycles. The van der Waals surface area contributed by atoms with Gasteiger partial charge >= 0.3 is 0 Å². The number of nitrogens with zero attached hydrogens (tertiary/aromatic N) is 1. The number of hydrogen-bond donors (Lipinski definition) is 4. The maximum Gasteiger partial charge on any atom is 0.0799 e. The summed E-state index contributed by atoms with van der Waals surface area (Å²) >= 11 is 0. The zero-order chi connectivity index (χ0) is 19.9. The minimum absolute atomic E-state index is 0. The van der Waals surface area contributed by atoms with E-state index in [0.29, 0.717) is 0 Å². The van der Waals surface area contributed by atoms with Crippen LogP contribution in [-0.2, 0) is 0 Å². The van der Waals surface area contributed by atoms with Crippen molar-refractivity contribution in [3.8, 4) is 0 Å². The van der Waals surface area contributed by atoms with Gasteiger partial charge in [0.05, 0.1) is 27.2 Å². The van der Waals surface area contributed by atoms with Crippen LogP contribution in [0.2, 0.25) is 0 Å². The molecule has 0 atom stereocenters. The Morgan fingerprint density at radius 3 is 1.50 bits per heavy atom. The Kier molecular flexibility index (Phi) is 9.13. The lowest BCUT2D eigenvalue weighted by molar-refractivity contribution is -0.890. The molecule has 6 N–H and O–H groups in total. The first-order valence-electron chi connectivity index (χ1n) is 9.79. The molecule has 2 aromatic rings. The van der Waals surface area contributed by atoms with Crippen LogP contribution in [0.3, 0.4) is 0 Å². The quantitative estimate of drug-likeness (QED) is 0.213. The summed E-state index contributed by atoms with van der Waals surface area (Å²) in [4.78, 5) is 0. The van der Waals surface area contributed by atoms with E-state index in [1.54, 1.807) is 0 Å². The van der Waals surface area contributed by atoms with E-state index in [1.165, 1.54) is 22.5 Å². The Morgan fingerprint density at radius 1 is 0.750 bits per heavy atom. The second-order valence-electron chi connectivity index (χ2n) is 8.09. The zero-order valence-electron chi connectivity index (χ0n) is 18.3. The van der Waals surface area contributed by atoms with Crippen molar-refractivity contribution in [2.45, 2.75) is 26.7 Å². The summed E-state index contributed by atoms with van der Waals surface area (Å²) in [6, 6.07) is 12.1. The first kappa shape index (κ1) is 23.6. The lowest BCUT2D eigenvalue weighted by atomic mass is 10.1. The van der Waals surface area contributed by atoms with Crippen LogP contribution in [0.1, 0.15) is 24.0 Å². The normalized spacial score (nSPS) is 11.0. The standard InChI is InChI=1S/C22H36N5.CH3/c1-17-15-19(23)7-9-21(17)25-11-5-13-27(3,4)14-6-12-26-22-10-8-20(24)16-18(22)2;/h7-10,15-16,25-26H,5-6,11-14,23-24H2,1-4H3;1H3/q+1;-1. The van der Waals surface area contributed by atoms with Gasteiger partial charge in [-0.25, -0.2) is 0 Å². The van der Waals surface area contributed by atoms with E-state index in [0.717, 1.165) is 54.9 Å². The number of nitrogens with one attached hydrogen (secondary N) is 2. The van der Waals surface area contributed by atoms with Gasteiger partial charge in [-0.1, -0.05) is 0 Å². The van der Waals surface area contributed by atoms with Gasteiger partial charge in [-0.05, 0) is 61.4 Å². The molecule has 5 nitrogen and oxygen atoms in total. The summed E-state index contributed by atoms with van der Waals surface area (Å²) < 4.78 is 1.03. The molecule has 2 rings (SSSR count). The third-order valence-electron chi connectivity index (χ3n) is 5.01. The van der Waals surface area contributed by atoms with Crippen molar-refractivity contribution >= 4 is 22.7 Å². The number of aryl methyl sites for hydroxylation is 2. The lowest BCUT2D eigenvalue weighted by Crippen LogP contribution is -2.42. The molecule has 0 aliphatic heterocycles. The highest BCUT2D eigenvalue weighted by atomic mass is 15.3. The van der Waals surface area contributed by atoms with Crippen molar-refractivity contribution < 1.29 is 4.48 Å². The maximum atomic E-state index is 5.81. The van der Waals surface area contributed by atoms with E-state index >= 15 is 0 Å². The second kappa shape index (κ2) is 10.8. The van der Waals surface area contributed by atoms with Crippen molar-refractivity contribution in [3.05, 3.63) is 55.0 Å². The van der Waals surface area contributed by atoms with Crippen LogP contribution in [0.15, 0.2) is 36.4 Å². The fourth-order valence-corrected chi connectivity index (χ4v) is 3.34. The van der Waals surface area contributed by atoms with E-state index in [2.05, 4.69) is 50.7 Å². The zero-order valence-corrected chi connectivity index (χ0v) is 18.3. The molecule has 2 aromatic carbocycles. The Labute approximate surface area is 171 Å². The highest BCUT2D eigenvalue weighted by Crippen LogP contribution is 2.18. The van der Waals surface area contributed by atoms with Gasteiger partial charge in [-0.15, -0.1) is 0 Å². The van der Waals surface area contributed by atoms with E-state index in [1.807, 2.05) is 24.3 Å². The molecule has 28 heavy (non-hydrogen) atoms. The molecule has 0 amide bonds. The third kappa shape index (κ3) is 7.69. The van der Waals surface area contributed by atoms with Crippen LogP contribution in [0.5, 0.6) is 0 Å². The molecule has 0 fully saturated rings. The fourth-order valence-electron chi connectivity index (χ4n) is 3.34. The lowest BCUT2D eigenvalue weighted by Gasteiger charge is -2.30. The van der Waals surface area contributed by atoms with E-state index in [4.69, 9.17) is 11.5 Å². The fraction of sp³-hybridized carbons (Fsp3) is 0.435. The molecule has 0 unspecified atom stereocenters. The molecule has 0 spiro atoms. The molecule has 0 aliphatic carbocycles. The molecular weight excluding hydrogens is 346 g/mol. The molecule has 0 saturated heterocycles. The SMILES string of the molecule is Cc1cc(N)ccc1NCCC[N+](C)(C)CCCNc1ccc(N)cc1C.[CH3-]. The van der Waals surface area contributed by atoms with E-state index < -0.39 is 0 Å². The second-order valence-corrected chi connectivity index (χ2v) is 8.09. The predicted molar refractivity (Wildman–Crippen MR) is 126 cm³/mol. The van der Waals surface area contributed by atoms with Crippen molar-refractivity contribution in [3.63, 3.8) is 0 Å². The van der Waals surface area contributed by atoms with Gasteiger partial charge in [0.25, 0.3) is 0 Å². The van der Waals surface area contributed by atoms with Gasteiger partial charge in [-0.3, -0.25) is 0 Å². The topological polar surface area (TPSA) is 76.1 Å². The van der Waals surface area contributed by atoms with Gasteiger partial charge in [0.15, 0.2) is 0 Å². The summed E-state index contributed by atoms with van der Waals surface area (Å²) in [7, 11) is 4.62. The molecule has 0 bridgehead atoms. The van der Waals surface area contributed by atoms with Crippen LogP contribution >= 0.6 is 0 Å². The number of rotatable bonds is 10. The first-order valence-corrected chi connectivity index (χ1v) is 9.79. The van der Waals surface area contributed by atoms with Gasteiger partial charge in [0.2, 0.25) is 0 Å². The summed E-state index contributed by atoms with van der Waals surface area (Å²) in [5.41, 5.74) is 18.0. The smallest absolute Gasteiger partial charge is 0.0799 e. The van der Waals surface area contributed by atoms with Crippen LogP contribution < -0.4 is 22.1 Å². The van der Waals surface area contributed by atoms with Crippen LogP contribution in [0.4, 0.5) is 22.7 Å². The summed E-state index contributed by atoms with van der Waals surface area (Å²) in [5.74, 6) is 0. The van der Waals surface area contributed by atoms with Gasteiger partial charge in [0.1, 0.15) is 0 Å². The highest BCUT2D eigenvalue weighted by molar-refractivity contribution is 5.58. The van der Waals surface area contributed by atoms with Gasteiger partial charge < -0.3 is 34.0 Å². The predicted octanol–water partition coefficient (Wildman–Crippen LogP) is 4.30.